The van der Waals surface area contributed by atoms with Crippen molar-refractivity contribution in [1.82, 2.24) is 9.88 Å². The maximum absolute atomic E-state index is 12.8. The number of carbonyl (C=O) groups excluding carboxylic acids is 2. The molecule has 0 atom stereocenters. The van der Waals surface area contributed by atoms with Gasteiger partial charge in [0, 0.05) is 25.3 Å². The van der Waals surface area contributed by atoms with Crippen molar-refractivity contribution in [2.75, 3.05) is 13.6 Å². The van der Waals surface area contributed by atoms with Gasteiger partial charge in [0.05, 0.1) is 10.9 Å². The summed E-state index contributed by atoms with van der Waals surface area (Å²) < 4.78 is 6.08. The molecule has 0 radical (unpaired) electrons. The predicted molar refractivity (Wildman–Crippen MR) is 106 cm³/mol. The Bertz CT molecular complexity index is 960. The number of aromatic nitrogens is 1. The number of nitrogens with zero attached hydrogens (tertiary/aromatic N) is 1. The number of aryl methyl sites for hydroxylation is 1. The van der Waals surface area contributed by atoms with Gasteiger partial charge < -0.3 is 14.6 Å². The summed E-state index contributed by atoms with van der Waals surface area (Å²) in [5.74, 6) is -0.396. The SMILES string of the molecule is CCCN(C)C(=O)C(=O)c1c[nH]c2ccc(C)c(OCc3ccccc3)c12. The van der Waals surface area contributed by atoms with Crippen LogP contribution < -0.4 is 4.74 Å². The number of aromatic amines is 1. The van der Waals surface area contributed by atoms with E-state index in [1.54, 1.807) is 13.2 Å². The monoisotopic (exact) mass is 364 g/mol. The maximum Gasteiger partial charge on any atom is 0.294 e. The number of likely N-dealkylation sites (N-methyl/N-ethyl adjacent to an activating group) is 1. The quantitative estimate of drug-likeness (QED) is 0.507. The van der Waals surface area contributed by atoms with Gasteiger partial charge in [-0.2, -0.15) is 0 Å². The number of ether oxygens (including phenoxy) is 1. The minimum Gasteiger partial charge on any atom is -0.488 e. The third-order valence-corrected chi connectivity index (χ3v) is 4.57. The predicted octanol–water partition coefficient (Wildman–Crippen LogP) is 4.11. The molecule has 140 valence electrons. The number of Topliss-reactive ketones (excluding diaryl/α,β-unsaturated/α-hetero) is 1. The minimum atomic E-state index is -0.521. The summed E-state index contributed by atoms with van der Waals surface area (Å²) >= 11 is 0. The van der Waals surface area contributed by atoms with Crippen molar-refractivity contribution in [2.45, 2.75) is 26.9 Å². The van der Waals surface area contributed by atoms with Gasteiger partial charge in [-0.05, 0) is 30.5 Å². The fraction of sp³-hybridized carbons (Fsp3) is 0.273. The normalized spacial score (nSPS) is 10.8. The number of fused-ring (bicyclic) bond motifs is 1. The van der Waals surface area contributed by atoms with E-state index in [-0.39, 0.29) is 0 Å². The van der Waals surface area contributed by atoms with Gasteiger partial charge in [0.2, 0.25) is 0 Å². The second-order valence-electron chi connectivity index (χ2n) is 6.67. The van der Waals surface area contributed by atoms with Crippen molar-refractivity contribution in [3.63, 3.8) is 0 Å². The van der Waals surface area contributed by atoms with Gasteiger partial charge in [0.15, 0.2) is 0 Å². The summed E-state index contributed by atoms with van der Waals surface area (Å²) in [6, 6.07) is 13.7. The van der Waals surface area contributed by atoms with E-state index < -0.39 is 11.7 Å². The highest BCUT2D eigenvalue weighted by Crippen LogP contribution is 2.33. The first kappa shape index (κ1) is 18.7. The zero-order valence-corrected chi connectivity index (χ0v) is 15.9. The summed E-state index contributed by atoms with van der Waals surface area (Å²) in [5.41, 5.74) is 3.08. The third kappa shape index (κ3) is 3.87. The Kier molecular flexibility index (Phi) is 5.60. The molecule has 5 nitrogen and oxygen atoms in total. The summed E-state index contributed by atoms with van der Waals surface area (Å²) in [4.78, 5) is 29.8. The number of benzene rings is 2. The van der Waals surface area contributed by atoms with Crippen LogP contribution in [0.3, 0.4) is 0 Å². The lowest BCUT2D eigenvalue weighted by Gasteiger charge is -2.15. The van der Waals surface area contributed by atoms with Gasteiger partial charge in [-0.1, -0.05) is 43.3 Å². The van der Waals surface area contributed by atoms with E-state index >= 15 is 0 Å². The van der Waals surface area contributed by atoms with E-state index in [2.05, 4.69) is 4.98 Å². The number of nitrogens with one attached hydrogen (secondary N) is 1. The van der Waals surface area contributed by atoms with Crippen molar-refractivity contribution < 1.29 is 14.3 Å². The summed E-state index contributed by atoms with van der Waals surface area (Å²) in [6.45, 7) is 4.84. The highest BCUT2D eigenvalue weighted by atomic mass is 16.5. The van der Waals surface area contributed by atoms with Crippen LogP contribution >= 0.6 is 0 Å². The molecule has 3 rings (SSSR count). The molecule has 2 aromatic carbocycles. The fourth-order valence-electron chi connectivity index (χ4n) is 3.12. The highest BCUT2D eigenvalue weighted by molar-refractivity contribution is 6.45. The Morgan fingerprint density at radius 3 is 2.56 bits per heavy atom. The van der Waals surface area contributed by atoms with Gasteiger partial charge in [-0.15, -0.1) is 0 Å². The van der Waals surface area contributed by atoms with Crippen molar-refractivity contribution in [1.29, 1.82) is 0 Å². The molecule has 1 amide bonds. The van der Waals surface area contributed by atoms with Gasteiger partial charge in [0.1, 0.15) is 12.4 Å². The van der Waals surface area contributed by atoms with Crippen molar-refractivity contribution >= 4 is 22.6 Å². The van der Waals surface area contributed by atoms with Crippen LogP contribution in [0.15, 0.2) is 48.7 Å². The molecule has 1 heterocycles. The average molecular weight is 364 g/mol. The number of carbonyl (C=O) groups is 2. The summed E-state index contributed by atoms with van der Waals surface area (Å²) in [6.07, 6.45) is 2.40. The lowest BCUT2D eigenvalue weighted by Crippen LogP contribution is -2.33. The van der Waals surface area contributed by atoms with Crippen LogP contribution in [0, 0.1) is 6.92 Å². The van der Waals surface area contributed by atoms with E-state index in [9.17, 15) is 9.59 Å². The molecule has 1 N–H and O–H groups in total. The standard InChI is InChI=1S/C22H24N2O3/c1-4-12-24(3)22(26)20(25)17-13-23-18-11-10-15(2)21(19(17)18)27-14-16-8-6-5-7-9-16/h5-11,13,23H,4,12,14H2,1-3H3. The average Bonchev–Trinajstić information content (AvgIpc) is 3.11. The van der Waals surface area contributed by atoms with Gasteiger partial charge >= 0.3 is 0 Å². The first-order chi connectivity index (χ1) is 13.0. The van der Waals surface area contributed by atoms with Gasteiger partial charge in [-0.3, -0.25) is 9.59 Å². The van der Waals surface area contributed by atoms with Gasteiger partial charge in [0.25, 0.3) is 11.7 Å². The molecule has 0 unspecified atom stereocenters. The Balaban J connectivity index is 1.96. The van der Waals surface area contributed by atoms with Crippen molar-refractivity contribution in [3.05, 3.63) is 65.4 Å². The van der Waals surface area contributed by atoms with Gasteiger partial charge in [-0.25, -0.2) is 0 Å². The molecule has 3 aromatic rings. The van der Waals surface area contributed by atoms with E-state index in [4.69, 9.17) is 4.74 Å². The zero-order chi connectivity index (χ0) is 19.4. The first-order valence-electron chi connectivity index (χ1n) is 9.10. The number of ketones is 1. The molecular weight excluding hydrogens is 340 g/mol. The maximum atomic E-state index is 12.8. The third-order valence-electron chi connectivity index (χ3n) is 4.57. The minimum absolute atomic E-state index is 0.352. The van der Waals surface area contributed by atoms with E-state index in [1.165, 1.54) is 4.90 Å². The second kappa shape index (κ2) is 8.08. The lowest BCUT2D eigenvalue weighted by atomic mass is 10.0. The highest BCUT2D eigenvalue weighted by Gasteiger charge is 2.25. The molecule has 27 heavy (non-hydrogen) atoms. The molecule has 5 heteroatoms. The number of hydrogen-bond donors (Lipinski definition) is 1. The Hall–Kier alpha value is -3.08. The number of hydrogen-bond acceptors (Lipinski definition) is 3. The molecule has 0 aliphatic rings. The molecule has 0 aliphatic heterocycles. The molecule has 0 saturated heterocycles. The Labute approximate surface area is 158 Å². The Morgan fingerprint density at radius 1 is 1.11 bits per heavy atom. The molecule has 0 saturated carbocycles. The largest absolute Gasteiger partial charge is 0.488 e. The second-order valence-corrected chi connectivity index (χ2v) is 6.67. The topological polar surface area (TPSA) is 62.4 Å². The molecule has 0 fully saturated rings. The Morgan fingerprint density at radius 2 is 1.85 bits per heavy atom. The fourth-order valence-corrected chi connectivity index (χ4v) is 3.12. The van der Waals surface area contributed by atoms with Crippen LogP contribution in [-0.4, -0.2) is 35.2 Å². The molecular formula is C22H24N2O3. The first-order valence-corrected chi connectivity index (χ1v) is 9.10. The number of H-pyrrole nitrogens is 1. The smallest absolute Gasteiger partial charge is 0.294 e. The zero-order valence-electron chi connectivity index (χ0n) is 15.9. The number of amides is 1. The summed E-state index contributed by atoms with van der Waals surface area (Å²) in [7, 11) is 1.65. The van der Waals surface area contributed by atoms with Crippen LogP contribution in [0.1, 0.15) is 34.8 Å². The number of rotatable bonds is 7. The molecule has 0 aliphatic carbocycles. The van der Waals surface area contributed by atoms with Crippen LogP contribution in [0.2, 0.25) is 0 Å². The van der Waals surface area contributed by atoms with Crippen molar-refractivity contribution in [3.8, 4) is 5.75 Å². The molecule has 1 aromatic heterocycles. The van der Waals surface area contributed by atoms with E-state index in [1.807, 2.05) is 56.3 Å². The van der Waals surface area contributed by atoms with Crippen molar-refractivity contribution in [2.24, 2.45) is 0 Å². The van der Waals surface area contributed by atoms with Crippen LogP contribution in [0.4, 0.5) is 0 Å². The van der Waals surface area contributed by atoms with E-state index in [0.29, 0.717) is 29.9 Å². The summed E-state index contributed by atoms with van der Waals surface area (Å²) in [5, 5.41) is 0.661. The van der Waals surface area contributed by atoms with Crippen LogP contribution in [0.5, 0.6) is 5.75 Å². The molecule has 0 bridgehead atoms. The molecule has 0 spiro atoms. The van der Waals surface area contributed by atoms with Crippen LogP contribution in [0.25, 0.3) is 10.9 Å². The van der Waals surface area contributed by atoms with Crippen LogP contribution in [-0.2, 0) is 11.4 Å². The lowest BCUT2D eigenvalue weighted by molar-refractivity contribution is -0.125. The van der Waals surface area contributed by atoms with E-state index in [0.717, 1.165) is 23.1 Å².